The van der Waals surface area contributed by atoms with E-state index in [2.05, 4.69) is 12.6 Å². The maximum atomic E-state index is 13.5. The third-order valence-electron chi connectivity index (χ3n) is 5.84. The summed E-state index contributed by atoms with van der Waals surface area (Å²) in [6.07, 6.45) is 3.80. The van der Waals surface area contributed by atoms with Gasteiger partial charge in [0.25, 0.3) is 0 Å². The summed E-state index contributed by atoms with van der Waals surface area (Å²) in [5, 5.41) is 11.4. The molecule has 0 saturated carbocycles. The lowest BCUT2D eigenvalue weighted by Gasteiger charge is -2.48. The zero-order valence-corrected chi connectivity index (χ0v) is 18.1. The van der Waals surface area contributed by atoms with Crippen LogP contribution in [0.1, 0.15) is 49.3 Å². The summed E-state index contributed by atoms with van der Waals surface area (Å²) in [5.74, 6) is -0.0391. The van der Waals surface area contributed by atoms with Crippen LogP contribution in [0, 0.1) is 5.92 Å². The van der Waals surface area contributed by atoms with E-state index in [1.165, 1.54) is 0 Å². The monoisotopic (exact) mass is 431 g/mol. The Morgan fingerprint density at radius 2 is 1.90 bits per heavy atom. The summed E-state index contributed by atoms with van der Waals surface area (Å²) < 4.78 is 0. The highest BCUT2D eigenvalue weighted by molar-refractivity contribution is 6.30. The Labute approximate surface area is 182 Å². The number of amides is 1. The molecule has 29 heavy (non-hydrogen) atoms. The Bertz CT molecular complexity index is 848. The van der Waals surface area contributed by atoms with Gasteiger partial charge in [-0.3, -0.25) is 4.79 Å². The average Bonchev–Trinajstić information content (AvgIpc) is 2.72. The van der Waals surface area contributed by atoms with E-state index in [4.69, 9.17) is 23.2 Å². The van der Waals surface area contributed by atoms with E-state index in [0.717, 1.165) is 11.1 Å². The van der Waals surface area contributed by atoms with Gasteiger partial charge in [0.15, 0.2) is 0 Å². The molecule has 0 aromatic heterocycles. The Hall–Kier alpha value is -1.81. The van der Waals surface area contributed by atoms with E-state index in [0.29, 0.717) is 29.3 Å². The lowest BCUT2D eigenvalue weighted by molar-refractivity contribution is -0.148. The summed E-state index contributed by atoms with van der Waals surface area (Å²) >= 11 is 12.4. The van der Waals surface area contributed by atoms with Crippen molar-refractivity contribution in [2.24, 2.45) is 5.92 Å². The van der Waals surface area contributed by atoms with Gasteiger partial charge in [0, 0.05) is 21.9 Å². The second-order valence-electron chi connectivity index (χ2n) is 7.61. The summed E-state index contributed by atoms with van der Waals surface area (Å²) in [5.41, 5.74) is 2.11. The van der Waals surface area contributed by atoms with Crippen molar-refractivity contribution < 1.29 is 9.90 Å². The molecular weight excluding hydrogens is 405 g/mol. The van der Waals surface area contributed by atoms with E-state index in [1.54, 1.807) is 6.08 Å². The molecule has 2 aromatic rings. The van der Waals surface area contributed by atoms with E-state index in [-0.39, 0.29) is 36.4 Å². The third kappa shape index (κ3) is 4.69. The Morgan fingerprint density at radius 3 is 2.48 bits per heavy atom. The maximum absolute atomic E-state index is 13.5. The van der Waals surface area contributed by atoms with Crippen molar-refractivity contribution >= 4 is 29.1 Å². The minimum atomic E-state index is -0.252. The largest absolute Gasteiger partial charge is 0.394 e. The Balaban J connectivity index is 2.16. The molecule has 154 valence electrons. The molecule has 0 radical (unpaired) electrons. The van der Waals surface area contributed by atoms with Crippen molar-refractivity contribution in [3.05, 3.63) is 82.4 Å². The zero-order chi connectivity index (χ0) is 21.0. The molecule has 4 atom stereocenters. The number of piperidine rings is 1. The molecule has 1 saturated heterocycles. The predicted octanol–water partition coefficient (Wildman–Crippen LogP) is 6.01. The number of aliphatic hydroxyl groups is 1. The molecule has 1 unspecified atom stereocenters. The smallest absolute Gasteiger partial charge is 0.226 e. The first-order valence-corrected chi connectivity index (χ1v) is 10.8. The number of allylic oxidation sites excluding steroid dienone is 1. The van der Waals surface area contributed by atoms with Crippen LogP contribution in [0.25, 0.3) is 0 Å². The Morgan fingerprint density at radius 1 is 1.17 bits per heavy atom. The molecule has 0 bridgehead atoms. The van der Waals surface area contributed by atoms with Crippen LogP contribution in [-0.4, -0.2) is 28.6 Å². The lowest BCUT2D eigenvalue weighted by Crippen LogP contribution is -2.52. The van der Waals surface area contributed by atoms with E-state index < -0.39 is 0 Å². The first-order chi connectivity index (χ1) is 14.0. The number of aliphatic hydroxyl groups excluding tert-OH is 1. The van der Waals surface area contributed by atoms with E-state index in [9.17, 15) is 9.90 Å². The van der Waals surface area contributed by atoms with Crippen LogP contribution in [0.4, 0.5) is 0 Å². The van der Waals surface area contributed by atoms with Gasteiger partial charge in [0.1, 0.15) is 0 Å². The van der Waals surface area contributed by atoms with Crippen molar-refractivity contribution in [1.82, 2.24) is 4.90 Å². The van der Waals surface area contributed by atoms with Gasteiger partial charge in [0.05, 0.1) is 18.7 Å². The van der Waals surface area contributed by atoms with Crippen LogP contribution in [0.2, 0.25) is 10.0 Å². The molecule has 1 aliphatic rings. The van der Waals surface area contributed by atoms with Gasteiger partial charge >= 0.3 is 0 Å². The number of carbonyl (C=O) groups excluding carboxylic acids is 1. The first kappa shape index (κ1) is 21.9. The first-order valence-electron chi connectivity index (χ1n) is 10.0. The van der Waals surface area contributed by atoms with E-state index in [1.807, 2.05) is 54.3 Å². The minimum Gasteiger partial charge on any atom is -0.394 e. The number of hydrogen-bond donors (Lipinski definition) is 1. The van der Waals surface area contributed by atoms with Crippen LogP contribution < -0.4 is 0 Å². The van der Waals surface area contributed by atoms with Crippen LogP contribution in [0.15, 0.2) is 61.2 Å². The van der Waals surface area contributed by atoms with Crippen LogP contribution in [0.5, 0.6) is 0 Å². The van der Waals surface area contributed by atoms with Gasteiger partial charge in [-0.15, -0.1) is 6.58 Å². The number of hydrogen-bond acceptors (Lipinski definition) is 2. The summed E-state index contributed by atoms with van der Waals surface area (Å²) in [6, 6.07) is 15.1. The molecule has 0 spiro atoms. The zero-order valence-electron chi connectivity index (χ0n) is 16.6. The predicted molar refractivity (Wildman–Crippen MR) is 119 cm³/mol. The van der Waals surface area contributed by atoms with Gasteiger partial charge in [-0.25, -0.2) is 0 Å². The topological polar surface area (TPSA) is 40.5 Å². The molecule has 1 N–H and O–H groups in total. The minimum absolute atomic E-state index is 0.0538. The van der Waals surface area contributed by atoms with Gasteiger partial charge in [0.2, 0.25) is 5.91 Å². The number of carbonyl (C=O) groups is 1. The van der Waals surface area contributed by atoms with Crippen molar-refractivity contribution in [2.45, 2.75) is 44.2 Å². The number of likely N-dealkylation sites (tertiary alicyclic amines) is 1. The second-order valence-corrected chi connectivity index (χ2v) is 8.48. The number of halogens is 2. The third-order valence-corrected chi connectivity index (χ3v) is 6.32. The normalized spacial score (nSPS) is 23.1. The Kier molecular flexibility index (Phi) is 7.39. The molecular formula is C24H27Cl2NO2. The summed E-state index contributed by atoms with van der Waals surface area (Å²) in [4.78, 5) is 15.4. The summed E-state index contributed by atoms with van der Waals surface area (Å²) in [7, 11) is 0. The highest BCUT2D eigenvalue weighted by atomic mass is 35.5. The molecule has 0 aliphatic carbocycles. The number of nitrogens with zero attached hydrogens (tertiary/aromatic N) is 1. The maximum Gasteiger partial charge on any atom is 0.226 e. The van der Waals surface area contributed by atoms with Gasteiger partial charge in [-0.05, 0) is 54.7 Å². The highest BCUT2D eigenvalue weighted by Gasteiger charge is 2.44. The van der Waals surface area contributed by atoms with Crippen LogP contribution in [-0.2, 0) is 4.79 Å². The lowest BCUT2D eigenvalue weighted by atomic mass is 9.74. The fourth-order valence-electron chi connectivity index (χ4n) is 4.41. The number of rotatable bonds is 7. The van der Waals surface area contributed by atoms with E-state index >= 15 is 0 Å². The van der Waals surface area contributed by atoms with Gasteiger partial charge < -0.3 is 10.0 Å². The average molecular weight is 432 g/mol. The van der Waals surface area contributed by atoms with Gasteiger partial charge in [-0.1, -0.05) is 60.5 Å². The second kappa shape index (κ2) is 9.80. The summed E-state index contributed by atoms with van der Waals surface area (Å²) in [6.45, 7) is 5.77. The van der Waals surface area contributed by atoms with Crippen molar-refractivity contribution in [3.8, 4) is 0 Å². The molecule has 1 aliphatic heterocycles. The standard InChI is InChI=1S/C24H27Cl2NO2/c1-3-6-18-14-22(17-7-5-8-20(26)13-17)23(16-9-11-19(25)12-10-16)27(24(18)29)21(4-2)15-28/h3,5,7-13,18,21-23,28H,1,4,6,14-15H2,2H3/t18-,21?,22-,23-/m1/s1. The van der Waals surface area contributed by atoms with Crippen LogP contribution in [0.3, 0.4) is 0 Å². The van der Waals surface area contributed by atoms with Crippen LogP contribution >= 0.6 is 23.2 Å². The number of benzene rings is 2. The SMILES string of the molecule is C=CC[C@@H]1C[C@H](c2cccc(Cl)c2)[C@@H](c2ccc(Cl)cc2)N(C(CC)CO)C1=O. The molecule has 3 nitrogen and oxygen atoms in total. The molecule has 2 aromatic carbocycles. The molecule has 1 heterocycles. The molecule has 3 rings (SSSR count). The van der Waals surface area contributed by atoms with Crippen molar-refractivity contribution in [2.75, 3.05) is 6.61 Å². The quantitative estimate of drug-likeness (QED) is 0.544. The fraction of sp³-hybridized carbons (Fsp3) is 0.375. The molecule has 1 amide bonds. The van der Waals surface area contributed by atoms with Crippen molar-refractivity contribution in [1.29, 1.82) is 0 Å². The molecule has 5 heteroatoms. The molecule has 1 fully saturated rings. The highest BCUT2D eigenvalue weighted by Crippen LogP contribution is 2.47. The van der Waals surface area contributed by atoms with Gasteiger partial charge in [-0.2, -0.15) is 0 Å². The fourth-order valence-corrected chi connectivity index (χ4v) is 4.73. The van der Waals surface area contributed by atoms with Crippen molar-refractivity contribution in [3.63, 3.8) is 0 Å².